The van der Waals surface area contributed by atoms with E-state index in [4.69, 9.17) is 4.74 Å². The molecule has 1 aliphatic carbocycles. The Morgan fingerprint density at radius 1 is 1.13 bits per heavy atom. The van der Waals surface area contributed by atoms with Crippen LogP contribution in [0.25, 0.3) is 0 Å². The van der Waals surface area contributed by atoms with Crippen molar-refractivity contribution in [2.45, 2.75) is 63.1 Å². The summed E-state index contributed by atoms with van der Waals surface area (Å²) in [5.41, 5.74) is 0. The highest BCUT2D eigenvalue weighted by Gasteiger charge is 2.44. The van der Waals surface area contributed by atoms with E-state index >= 15 is 0 Å². The lowest BCUT2D eigenvalue weighted by molar-refractivity contribution is -0.154. The van der Waals surface area contributed by atoms with Crippen LogP contribution in [-0.4, -0.2) is 24.2 Å². The van der Waals surface area contributed by atoms with Gasteiger partial charge in [-0.3, -0.25) is 4.79 Å². The highest BCUT2D eigenvalue weighted by Crippen LogP contribution is 2.34. The zero-order valence-electron chi connectivity index (χ0n) is 9.08. The minimum atomic E-state index is 0.0709. The second-order valence-electron chi connectivity index (χ2n) is 5.23. The summed E-state index contributed by atoms with van der Waals surface area (Å²) in [7, 11) is 0. The van der Waals surface area contributed by atoms with Crippen molar-refractivity contribution < 1.29 is 9.53 Å². The van der Waals surface area contributed by atoms with Crippen molar-refractivity contribution in [1.82, 2.24) is 5.32 Å². The summed E-state index contributed by atoms with van der Waals surface area (Å²) in [6.07, 6.45) is 8.28. The fourth-order valence-corrected chi connectivity index (χ4v) is 3.34. The number of carbonyl (C=O) groups excluding carboxylic acids is 1. The number of nitrogens with one attached hydrogen (secondary N) is 1. The van der Waals surface area contributed by atoms with E-state index in [1.807, 2.05) is 0 Å². The number of fused-ring (bicyclic) bond motifs is 2. The van der Waals surface area contributed by atoms with Crippen molar-refractivity contribution in [1.29, 1.82) is 0 Å². The lowest BCUT2D eigenvalue weighted by Crippen LogP contribution is -2.32. The zero-order chi connectivity index (χ0) is 10.3. The maximum absolute atomic E-state index is 11.9. The van der Waals surface area contributed by atoms with Gasteiger partial charge in [-0.05, 0) is 44.9 Å². The van der Waals surface area contributed by atoms with Gasteiger partial charge in [0.15, 0.2) is 0 Å². The summed E-state index contributed by atoms with van der Waals surface area (Å²) in [4.78, 5) is 11.9. The van der Waals surface area contributed by atoms with E-state index in [9.17, 15) is 4.79 Å². The lowest BCUT2D eigenvalue weighted by Gasteiger charge is -2.21. The molecule has 2 heterocycles. The van der Waals surface area contributed by atoms with Gasteiger partial charge in [0.2, 0.25) is 0 Å². The number of rotatable bonds is 2. The molecule has 0 aromatic heterocycles. The van der Waals surface area contributed by atoms with Gasteiger partial charge in [0.1, 0.15) is 6.10 Å². The van der Waals surface area contributed by atoms with Crippen LogP contribution in [0, 0.1) is 5.92 Å². The van der Waals surface area contributed by atoms with E-state index in [0.717, 1.165) is 25.7 Å². The summed E-state index contributed by atoms with van der Waals surface area (Å²) in [5, 5.41) is 3.48. The molecule has 0 spiro atoms. The van der Waals surface area contributed by atoms with Gasteiger partial charge in [0.25, 0.3) is 0 Å². The second-order valence-corrected chi connectivity index (χ2v) is 5.23. The highest BCUT2D eigenvalue weighted by molar-refractivity contribution is 5.74. The van der Waals surface area contributed by atoms with E-state index in [2.05, 4.69) is 5.32 Å². The fourth-order valence-electron chi connectivity index (χ4n) is 3.34. The Hall–Kier alpha value is -0.570. The predicted molar refractivity (Wildman–Crippen MR) is 56.4 cm³/mol. The van der Waals surface area contributed by atoms with Crippen molar-refractivity contribution >= 4 is 5.97 Å². The average molecular weight is 209 g/mol. The number of esters is 1. The van der Waals surface area contributed by atoms with Gasteiger partial charge in [-0.1, -0.05) is 0 Å². The van der Waals surface area contributed by atoms with E-state index < -0.39 is 0 Å². The van der Waals surface area contributed by atoms with Gasteiger partial charge in [-0.25, -0.2) is 0 Å². The molecular formula is C12H19NO2. The first-order valence-corrected chi connectivity index (χ1v) is 6.29. The van der Waals surface area contributed by atoms with Crippen LogP contribution in [0.1, 0.15) is 44.9 Å². The molecule has 0 amide bonds. The molecule has 0 aromatic carbocycles. The topological polar surface area (TPSA) is 38.3 Å². The summed E-state index contributed by atoms with van der Waals surface area (Å²) in [6.45, 7) is 0. The smallest absolute Gasteiger partial charge is 0.310 e. The first-order valence-electron chi connectivity index (χ1n) is 6.29. The Labute approximate surface area is 90.6 Å². The number of carbonyl (C=O) groups is 1. The molecular weight excluding hydrogens is 190 g/mol. The van der Waals surface area contributed by atoms with Gasteiger partial charge in [0.05, 0.1) is 5.92 Å². The van der Waals surface area contributed by atoms with Crippen LogP contribution < -0.4 is 5.32 Å². The van der Waals surface area contributed by atoms with Crippen molar-refractivity contribution in [2.24, 2.45) is 5.92 Å². The molecule has 1 N–H and O–H groups in total. The van der Waals surface area contributed by atoms with Gasteiger partial charge in [-0.2, -0.15) is 0 Å². The Balaban J connectivity index is 1.56. The third-order valence-corrected chi connectivity index (χ3v) is 4.19. The lowest BCUT2D eigenvalue weighted by atomic mass is 9.89. The van der Waals surface area contributed by atoms with Crippen LogP contribution in [0.5, 0.6) is 0 Å². The predicted octanol–water partition coefficient (Wildman–Crippen LogP) is 1.61. The van der Waals surface area contributed by atoms with Crippen LogP contribution in [-0.2, 0) is 9.53 Å². The molecule has 15 heavy (non-hydrogen) atoms. The molecule has 0 radical (unpaired) electrons. The van der Waals surface area contributed by atoms with Crippen LogP contribution in [0.3, 0.4) is 0 Å². The fraction of sp³-hybridized carbons (Fsp3) is 0.917. The van der Waals surface area contributed by atoms with E-state index in [0.29, 0.717) is 12.1 Å². The maximum atomic E-state index is 11.9. The quantitative estimate of drug-likeness (QED) is 0.702. The summed E-state index contributed by atoms with van der Waals surface area (Å²) >= 11 is 0. The number of hydrogen-bond donors (Lipinski definition) is 1. The number of hydrogen-bond acceptors (Lipinski definition) is 3. The van der Waals surface area contributed by atoms with Crippen LogP contribution in [0.4, 0.5) is 0 Å². The van der Waals surface area contributed by atoms with Gasteiger partial charge in [0, 0.05) is 12.1 Å². The Kier molecular flexibility index (Phi) is 2.43. The van der Waals surface area contributed by atoms with Gasteiger partial charge >= 0.3 is 5.97 Å². The summed E-state index contributed by atoms with van der Waals surface area (Å²) < 4.78 is 5.57. The SMILES string of the molecule is O=C(OC1CCCC1)C1CC2CCC1N2. The molecule has 2 aliphatic heterocycles. The third kappa shape index (κ3) is 1.78. The van der Waals surface area contributed by atoms with E-state index in [-0.39, 0.29) is 18.0 Å². The normalized spacial score (nSPS) is 39.9. The van der Waals surface area contributed by atoms with E-state index in [1.165, 1.54) is 19.3 Å². The molecule has 2 bridgehead atoms. The monoisotopic (exact) mass is 209 g/mol. The molecule has 2 saturated heterocycles. The van der Waals surface area contributed by atoms with Crippen molar-refractivity contribution in [3.05, 3.63) is 0 Å². The summed E-state index contributed by atoms with van der Waals surface area (Å²) in [6, 6.07) is 1.01. The zero-order valence-corrected chi connectivity index (χ0v) is 9.08. The second kappa shape index (κ2) is 3.78. The first kappa shape index (κ1) is 9.64. The van der Waals surface area contributed by atoms with Gasteiger partial charge in [-0.15, -0.1) is 0 Å². The average Bonchev–Trinajstić information content (AvgIpc) is 2.93. The standard InChI is InChI=1S/C12H19NO2/c14-12(15-9-3-1-2-4-9)10-7-8-5-6-11(10)13-8/h8-11,13H,1-7H2. The summed E-state index contributed by atoms with van der Waals surface area (Å²) in [5.74, 6) is 0.228. The van der Waals surface area contributed by atoms with Crippen molar-refractivity contribution in [3.8, 4) is 0 Å². The first-order chi connectivity index (χ1) is 7.33. The highest BCUT2D eigenvalue weighted by atomic mass is 16.5. The van der Waals surface area contributed by atoms with Crippen LogP contribution in [0.15, 0.2) is 0 Å². The molecule has 3 unspecified atom stereocenters. The van der Waals surface area contributed by atoms with E-state index in [1.54, 1.807) is 0 Å². The molecule has 3 atom stereocenters. The minimum absolute atomic E-state index is 0.0709. The molecule has 3 heteroatoms. The molecule has 3 nitrogen and oxygen atoms in total. The molecule has 3 rings (SSSR count). The molecule has 1 saturated carbocycles. The molecule has 84 valence electrons. The van der Waals surface area contributed by atoms with Crippen molar-refractivity contribution in [3.63, 3.8) is 0 Å². The molecule has 3 fully saturated rings. The number of ether oxygens (including phenoxy) is 1. The molecule has 0 aromatic rings. The Morgan fingerprint density at radius 2 is 1.93 bits per heavy atom. The largest absolute Gasteiger partial charge is 0.462 e. The van der Waals surface area contributed by atoms with Crippen LogP contribution in [0.2, 0.25) is 0 Å². The maximum Gasteiger partial charge on any atom is 0.310 e. The Morgan fingerprint density at radius 3 is 2.53 bits per heavy atom. The van der Waals surface area contributed by atoms with Gasteiger partial charge < -0.3 is 10.1 Å². The Bertz CT molecular complexity index is 260. The molecule has 3 aliphatic rings. The van der Waals surface area contributed by atoms with Crippen LogP contribution >= 0.6 is 0 Å². The van der Waals surface area contributed by atoms with Crippen molar-refractivity contribution in [2.75, 3.05) is 0 Å². The third-order valence-electron chi connectivity index (χ3n) is 4.19. The minimum Gasteiger partial charge on any atom is -0.462 e.